The molecule has 1 aromatic heterocycles. The van der Waals surface area contributed by atoms with Crippen LogP contribution < -0.4 is 0 Å². The van der Waals surface area contributed by atoms with Crippen LogP contribution in [0.15, 0.2) is 12.4 Å². The first-order valence-electron chi connectivity index (χ1n) is 8.66. The molecule has 3 rings (SSSR count). The number of hydrogen-bond donors (Lipinski definition) is 0. The van der Waals surface area contributed by atoms with Gasteiger partial charge in [0.25, 0.3) is 0 Å². The van der Waals surface area contributed by atoms with Gasteiger partial charge in [-0.15, -0.1) is 0 Å². The molecule has 1 unspecified atom stereocenters. The minimum absolute atomic E-state index is 0.0351. The van der Waals surface area contributed by atoms with Crippen molar-refractivity contribution in [3.63, 3.8) is 0 Å². The second-order valence-corrected chi connectivity index (χ2v) is 6.82. The zero-order valence-corrected chi connectivity index (χ0v) is 13.9. The summed E-state index contributed by atoms with van der Waals surface area (Å²) in [6.45, 7) is 6.02. The van der Waals surface area contributed by atoms with Crippen molar-refractivity contribution in [3.05, 3.63) is 18.0 Å². The average molecular weight is 304 g/mol. The quantitative estimate of drug-likeness (QED) is 0.857. The SMILES string of the molecule is CC(C(=O)N1CCCCC1)N1CCC(c2cnn(C)c2)CC1. The number of likely N-dealkylation sites (tertiary alicyclic amines) is 2. The normalized spacial score (nSPS) is 22.7. The monoisotopic (exact) mass is 304 g/mol. The Balaban J connectivity index is 1.53. The van der Waals surface area contributed by atoms with Crippen LogP contribution in [0.2, 0.25) is 0 Å². The van der Waals surface area contributed by atoms with Crippen molar-refractivity contribution < 1.29 is 4.79 Å². The number of carbonyl (C=O) groups excluding carboxylic acids is 1. The predicted octanol–water partition coefficient (Wildman–Crippen LogP) is 2.00. The maximum atomic E-state index is 12.6. The summed E-state index contributed by atoms with van der Waals surface area (Å²) in [6.07, 6.45) is 9.98. The summed E-state index contributed by atoms with van der Waals surface area (Å²) in [5.41, 5.74) is 1.34. The Morgan fingerprint density at radius 3 is 2.45 bits per heavy atom. The summed E-state index contributed by atoms with van der Waals surface area (Å²) < 4.78 is 1.88. The van der Waals surface area contributed by atoms with Crippen LogP contribution in [0.25, 0.3) is 0 Å². The number of carbonyl (C=O) groups is 1. The fraction of sp³-hybridized carbons (Fsp3) is 0.765. The Bertz CT molecular complexity index is 499. The van der Waals surface area contributed by atoms with Gasteiger partial charge in [-0.2, -0.15) is 5.10 Å². The summed E-state index contributed by atoms with van der Waals surface area (Å²) in [7, 11) is 1.97. The van der Waals surface area contributed by atoms with E-state index in [1.54, 1.807) is 0 Å². The Morgan fingerprint density at radius 1 is 1.18 bits per heavy atom. The van der Waals surface area contributed by atoms with E-state index in [9.17, 15) is 4.79 Å². The lowest BCUT2D eigenvalue weighted by molar-refractivity contribution is -0.137. The highest BCUT2D eigenvalue weighted by Crippen LogP contribution is 2.28. The highest BCUT2D eigenvalue weighted by molar-refractivity contribution is 5.81. The van der Waals surface area contributed by atoms with Crippen molar-refractivity contribution in [2.45, 2.75) is 51.0 Å². The first kappa shape index (κ1) is 15.5. The van der Waals surface area contributed by atoms with E-state index in [2.05, 4.69) is 28.0 Å². The molecular weight excluding hydrogens is 276 g/mol. The second-order valence-electron chi connectivity index (χ2n) is 6.82. The third-order valence-corrected chi connectivity index (χ3v) is 5.30. The van der Waals surface area contributed by atoms with Crippen molar-refractivity contribution >= 4 is 5.91 Å². The Morgan fingerprint density at radius 2 is 1.86 bits per heavy atom. The maximum Gasteiger partial charge on any atom is 0.239 e. The summed E-state index contributed by atoms with van der Waals surface area (Å²) in [5.74, 6) is 0.932. The van der Waals surface area contributed by atoms with Crippen LogP contribution in [0.5, 0.6) is 0 Å². The molecule has 2 aliphatic heterocycles. The molecule has 1 atom stereocenters. The van der Waals surface area contributed by atoms with Gasteiger partial charge in [0.2, 0.25) is 5.91 Å². The Hall–Kier alpha value is -1.36. The molecule has 0 saturated carbocycles. The van der Waals surface area contributed by atoms with Gasteiger partial charge in [-0.3, -0.25) is 14.4 Å². The molecule has 5 nitrogen and oxygen atoms in total. The van der Waals surface area contributed by atoms with Crippen LogP contribution in [0.3, 0.4) is 0 Å². The van der Waals surface area contributed by atoms with E-state index in [-0.39, 0.29) is 6.04 Å². The topological polar surface area (TPSA) is 41.4 Å². The highest BCUT2D eigenvalue weighted by Gasteiger charge is 2.30. The maximum absolute atomic E-state index is 12.6. The van der Waals surface area contributed by atoms with Crippen LogP contribution in [-0.2, 0) is 11.8 Å². The van der Waals surface area contributed by atoms with Gasteiger partial charge >= 0.3 is 0 Å². The highest BCUT2D eigenvalue weighted by atomic mass is 16.2. The van der Waals surface area contributed by atoms with Crippen molar-refractivity contribution in [2.24, 2.45) is 7.05 Å². The van der Waals surface area contributed by atoms with Gasteiger partial charge in [-0.1, -0.05) is 0 Å². The molecule has 122 valence electrons. The lowest BCUT2D eigenvalue weighted by Gasteiger charge is -2.38. The Kier molecular flexibility index (Phi) is 4.81. The van der Waals surface area contributed by atoms with Crippen molar-refractivity contribution in [1.82, 2.24) is 19.6 Å². The number of rotatable bonds is 3. The van der Waals surface area contributed by atoms with E-state index in [1.165, 1.54) is 24.8 Å². The molecule has 0 radical (unpaired) electrons. The van der Waals surface area contributed by atoms with Gasteiger partial charge in [-0.25, -0.2) is 0 Å². The first-order chi connectivity index (χ1) is 10.6. The number of piperidine rings is 2. The molecular formula is C17H28N4O. The second kappa shape index (κ2) is 6.82. The number of hydrogen-bond acceptors (Lipinski definition) is 3. The summed E-state index contributed by atoms with van der Waals surface area (Å²) in [6, 6.07) is 0.0351. The number of amides is 1. The van der Waals surface area contributed by atoms with Crippen molar-refractivity contribution in [3.8, 4) is 0 Å². The fourth-order valence-electron chi connectivity index (χ4n) is 3.81. The summed E-state index contributed by atoms with van der Waals surface area (Å²) in [5, 5.41) is 4.28. The van der Waals surface area contributed by atoms with Gasteiger partial charge in [0.15, 0.2) is 0 Å². The van der Waals surface area contributed by atoms with Crippen LogP contribution in [0.4, 0.5) is 0 Å². The lowest BCUT2D eigenvalue weighted by Crippen LogP contribution is -2.50. The lowest BCUT2D eigenvalue weighted by atomic mass is 9.91. The molecule has 0 aromatic carbocycles. The smallest absolute Gasteiger partial charge is 0.239 e. The van der Waals surface area contributed by atoms with Crippen LogP contribution in [0.1, 0.15) is 50.5 Å². The molecule has 0 spiro atoms. The van der Waals surface area contributed by atoms with Gasteiger partial charge < -0.3 is 4.90 Å². The average Bonchev–Trinajstić information content (AvgIpc) is 3.01. The Labute approximate surface area is 133 Å². The third-order valence-electron chi connectivity index (χ3n) is 5.30. The van der Waals surface area contributed by atoms with E-state index >= 15 is 0 Å². The molecule has 1 amide bonds. The molecule has 1 aromatic rings. The van der Waals surface area contributed by atoms with E-state index < -0.39 is 0 Å². The number of nitrogens with zero attached hydrogens (tertiary/aromatic N) is 4. The van der Waals surface area contributed by atoms with Gasteiger partial charge in [0.1, 0.15) is 0 Å². The molecule has 0 N–H and O–H groups in total. The van der Waals surface area contributed by atoms with Crippen LogP contribution in [-0.4, -0.2) is 57.7 Å². The van der Waals surface area contributed by atoms with Crippen LogP contribution >= 0.6 is 0 Å². The van der Waals surface area contributed by atoms with E-state index in [0.717, 1.165) is 39.0 Å². The van der Waals surface area contributed by atoms with E-state index in [0.29, 0.717) is 11.8 Å². The van der Waals surface area contributed by atoms with Gasteiger partial charge in [0.05, 0.1) is 12.2 Å². The summed E-state index contributed by atoms with van der Waals surface area (Å²) in [4.78, 5) is 17.1. The molecule has 2 aliphatic rings. The zero-order valence-electron chi connectivity index (χ0n) is 13.9. The number of aryl methyl sites for hydroxylation is 1. The zero-order chi connectivity index (χ0) is 15.5. The largest absolute Gasteiger partial charge is 0.341 e. The molecule has 0 aliphatic carbocycles. The minimum Gasteiger partial charge on any atom is -0.341 e. The molecule has 3 heterocycles. The molecule has 2 saturated heterocycles. The van der Waals surface area contributed by atoms with Gasteiger partial charge in [-0.05, 0) is 63.6 Å². The first-order valence-corrected chi connectivity index (χ1v) is 8.66. The van der Waals surface area contributed by atoms with E-state index in [1.807, 2.05) is 17.9 Å². The molecule has 2 fully saturated rings. The fourth-order valence-corrected chi connectivity index (χ4v) is 3.81. The predicted molar refractivity (Wildman–Crippen MR) is 86.6 cm³/mol. The summed E-state index contributed by atoms with van der Waals surface area (Å²) >= 11 is 0. The third kappa shape index (κ3) is 3.35. The number of aromatic nitrogens is 2. The van der Waals surface area contributed by atoms with E-state index in [4.69, 9.17) is 0 Å². The van der Waals surface area contributed by atoms with Crippen molar-refractivity contribution in [1.29, 1.82) is 0 Å². The van der Waals surface area contributed by atoms with Crippen LogP contribution in [0, 0.1) is 0 Å². The van der Waals surface area contributed by atoms with Crippen molar-refractivity contribution in [2.75, 3.05) is 26.2 Å². The minimum atomic E-state index is 0.0351. The standard InChI is InChI=1S/C17H28N4O/c1-14(17(22)21-8-4-3-5-9-21)20-10-6-15(7-11-20)16-12-18-19(2)13-16/h12-15H,3-11H2,1-2H3. The molecule has 0 bridgehead atoms. The molecule has 5 heteroatoms. The molecule has 22 heavy (non-hydrogen) atoms. The van der Waals surface area contributed by atoms with Gasteiger partial charge in [0, 0.05) is 26.3 Å².